The van der Waals surface area contributed by atoms with Gasteiger partial charge in [0, 0.05) is 30.0 Å². The molecule has 0 unspecified atom stereocenters. The van der Waals surface area contributed by atoms with Gasteiger partial charge in [-0.15, -0.1) is 0 Å². The lowest BCUT2D eigenvalue weighted by molar-refractivity contribution is 0.610. The standard InChI is InChI=1S/C15H17FN2/c1-2-18(12-7-4-3-5-8-12)15-10-6-9-14(16)13(15)11-17/h3-10H,2,11,17H2,1H3. The molecule has 0 aliphatic rings. The van der Waals surface area contributed by atoms with E-state index in [0.717, 1.165) is 17.9 Å². The van der Waals surface area contributed by atoms with Gasteiger partial charge in [-0.3, -0.25) is 0 Å². The summed E-state index contributed by atoms with van der Waals surface area (Å²) in [7, 11) is 0. The Balaban J connectivity index is 2.49. The molecular weight excluding hydrogens is 227 g/mol. The molecule has 94 valence electrons. The average molecular weight is 244 g/mol. The van der Waals surface area contributed by atoms with Crippen LogP contribution in [0.1, 0.15) is 12.5 Å². The molecule has 0 bridgehead atoms. The second-order valence-corrected chi connectivity index (χ2v) is 4.02. The minimum atomic E-state index is -0.246. The molecule has 0 amide bonds. The Morgan fingerprint density at radius 3 is 2.39 bits per heavy atom. The van der Waals surface area contributed by atoms with E-state index in [1.165, 1.54) is 6.07 Å². The maximum atomic E-state index is 13.8. The maximum Gasteiger partial charge on any atom is 0.129 e. The molecule has 0 saturated carbocycles. The summed E-state index contributed by atoms with van der Waals surface area (Å²) in [5.74, 6) is -0.246. The van der Waals surface area contributed by atoms with Crippen molar-refractivity contribution in [1.82, 2.24) is 0 Å². The second kappa shape index (κ2) is 5.65. The smallest absolute Gasteiger partial charge is 0.129 e. The van der Waals surface area contributed by atoms with Crippen molar-refractivity contribution in [3.8, 4) is 0 Å². The van der Waals surface area contributed by atoms with E-state index in [2.05, 4.69) is 4.90 Å². The predicted octanol–water partition coefficient (Wildman–Crippen LogP) is 3.44. The fourth-order valence-electron chi connectivity index (χ4n) is 2.10. The number of hydrogen-bond acceptors (Lipinski definition) is 2. The highest BCUT2D eigenvalue weighted by atomic mass is 19.1. The van der Waals surface area contributed by atoms with E-state index in [-0.39, 0.29) is 12.4 Å². The van der Waals surface area contributed by atoms with Gasteiger partial charge in [0.25, 0.3) is 0 Å². The summed E-state index contributed by atoms with van der Waals surface area (Å²) >= 11 is 0. The molecule has 0 aliphatic carbocycles. The van der Waals surface area contributed by atoms with E-state index in [9.17, 15) is 4.39 Å². The van der Waals surface area contributed by atoms with Crippen LogP contribution >= 0.6 is 0 Å². The molecule has 2 aromatic rings. The number of benzene rings is 2. The van der Waals surface area contributed by atoms with Crippen LogP contribution in [0.4, 0.5) is 15.8 Å². The van der Waals surface area contributed by atoms with Crippen LogP contribution in [0.25, 0.3) is 0 Å². The molecule has 0 aliphatic heterocycles. The topological polar surface area (TPSA) is 29.3 Å². The summed E-state index contributed by atoms with van der Waals surface area (Å²) in [5.41, 5.74) is 8.09. The summed E-state index contributed by atoms with van der Waals surface area (Å²) < 4.78 is 13.8. The van der Waals surface area contributed by atoms with Crippen LogP contribution < -0.4 is 10.6 Å². The Morgan fingerprint density at radius 1 is 1.06 bits per heavy atom. The van der Waals surface area contributed by atoms with Crippen LogP contribution in [0.3, 0.4) is 0 Å². The zero-order chi connectivity index (χ0) is 13.0. The highest BCUT2D eigenvalue weighted by Gasteiger charge is 2.13. The lowest BCUT2D eigenvalue weighted by atomic mass is 10.1. The number of hydrogen-bond donors (Lipinski definition) is 1. The van der Waals surface area contributed by atoms with E-state index in [1.807, 2.05) is 43.3 Å². The van der Waals surface area contributed by atoms with Crippen molar-refractivity contribution in [3.63, 3.8) is 0 Å². The van der Waals surface area contributed by atoms with Gasteiger partial charge in [-0.2, -0.15) is 0 Å². The summed E-state index contributed by atoms with van der Waals surface area (Å²) in [6.07, 6.45) is 0. The summed E-state index contributed by atoms with van der Waals surface area (Å²) in [6, 6.07) is 15.0. The van der Waals surface area contributed by atoms with E-state index in [0.29, 0.717) is 5.56 Å². The molecular formula is C15H17FN2. The molecule has 0 aromatic heterocycles. The van der Waals surface area contributed by atoms with Crippen LogP contribution in [0.15, 0.2) is 48.5 Å². The highest BCUT2D eigenvalue weighted by Crippen LogP contribution is 2.29. The number of halogens is 1. The molecule has 2 rings (SSSR count). The Hall–Kier alpha value is -1.87. The maximum absolute atomic E-state index is 13.8. The average Bonchev–Trinajstić information content (AvgIpc) is 2.41. The quantitative estimate of drug-likeness (QED) is 0.892. The molecule has 0 saturated heterocycles. The zero-order valence-electron chi connectivity index (χ0n) is 10.4. The van der Waals surface area contributed by atoms with Gasteiger partial charge in [0.1, 0.15) is 5.82 Å². The van der Waals surface area contributed by atoms with Gasteiger partial charge >= 0.3 is 0 Å². The van der Waals surface area contributed by atoms with Crippen molar-refractivity contribution in [2.24, 2.45) is 5.73 Å². The van der Waals surface area contributed by atoms with Crippen LogP contribution in [-0.2, 0) is 6.54 Å². The van der Waals surface area contributed by atoms with E-state index in [1.54, 1.807) is 6.07 Å². The number of rotatable bonds is 4. The first-order valence-electron chi connectivity index (χ1n) is 6.08. The second-order valence-electron chi connectivity index (χ2n) is 4.02. The van der Waals surface area contributed by atoms with Gasteiger partial charge < -0.3 is 10.6 Å². The Morgan fingerprint density at radius 2 is 1.78 bits per heavy atom. The monoisotopic (exact) mass is 244 g/mol. The number of para-hydroxylation sites is 1. The summed E-state index contributed by atoms with van der Waals surface area (Å²) in [4.78, 5) is 2.06. The first-order chi connectivity index (χ1) is 8.77. The largest absolute Gasteiger partial charge is 0.341 e. The van der Waals surface area contributed by atoms with Gasteiger partial charge in [0.05, 0.1) is 0 Å². The fraction of sp³-hybridized carbons (Fsp3) is 0.200. The third-order valence-electron chi connectivity index (χ3n) is 2.97. The van der Waals surface area contributed by atoms with E-state index >= 15 is 0 Å². The Kier molecular flexibility index (Phi) is 3.95. The van der Waals surface area contributed by atoms with Gasteiger partial charge in [-0.05, 0) is 31.2 Å². The van der Waals surface area contributed by atoms with Crippen molar-refractivity contribution in [1.29, 1.82) is 0 Å². The fourth-order valence-corrected chi connectivity index (χ4v) is 2.10. The number of nitrogens with zero attached hydrogens (tertiary/aromatic N) is 1. The minimum absolute atomic E-state index is 0.200. The van der Waals surface area contributed by atoms with E-state index in [4.69, 9.17) is 5.73 Å². The number of anilines is 2. The lowest BCUT2D eigenvalue weighted by Crippen LogP contribution is -2.19. The number of nitrogens with two attached hydrogens (primary N) is 1. The third kappa shape index (κ3) is 2.36. The predicted molar refractivity (Wildman–Crippen MR) is 73.4 cm³/mol. The summed E-state index contributed by atoms with van der Waals surface area (Å²) in [6.45, 7) is 3.00. The van der Waals surface area contributed by atoms with Crippen LogP contribution in [0.2, 0.25) is 0 Å². The third-order valence-corrected chi connectivity index (χ3v) is 2.97. The molecule has 18 heavy (non-hydrogen) atoms. The SMILES string of the molecule is CCN(c1ccccc1)c1cccc(F)c1CN. The van der Waals surface area contributed by atoms with Crippen LogP contribution in [0.5, 0.6) is 0 Å². The van der Waals surface area contributed by atoms with Crippen molar-refractivity contribution in [3.05, 3.63) is 59.9 Å². The van der Waals surface area contributed by atoms with Gasteiger partial charge in [-0.1, -0.05) is 24.3 Å². The Labute approximate surface area is 107 Å². The van der Waals surface area contributed by atoms with Gasteiger partial charge in [-0.25, -0.2) is 4.39 Å². The molecule has 0 heterocycles. The highest BCUT2D eigenvalue weighted by molar-refractivity contribution is 5.66. The molecule has 0 radical (unpaired) electrons. The van der Waals surface area contributed by atoms with Gasteiger partial charge in [0.2, 0.25) is 0 Å². The molecule has 2 nitrogen and oxygen atoms in total. The Bertz CT molecular complexity index is 511. The normalized spacial score (nSPS) is 10.4. The molecule has 0 fully saturated rings. The first-order valence-corrected chi connectivity index (χ1v) is 6.08. The van der Waals surface area contributed by atoms with Crippen molar-refractivity contribution in [2.75, 3.05) is 11.4 Å². The minimum Gasteiger partial charge on any atom is -0.341 e. The zero-order valence-corrected chi connectivity index (χ0v) is 10.4. The first kappa shape index (κ1) is 12.6. The van der Waals surface area contributed by atoms with Crippen LogP contribution in [0, 0.1) is 5.82 Å². The van der Waals surface area contributed by atoms with Crippen molar-refractivity contribution in [2.45, 2.75) is 13.5 Å². The molecule has 2 N–H and O–H groups in total. The molecule has 0 atom stereocenters. The molecule has 2 aromatic carbocycles. The van der Waals surface area contributed by atoms with Crippen molar-refractivity contribution >= 4 is 11.4 Å². The summed E-state index contributed by atoms with van der Waals surface area (Å²) in [5, 5.41) is 0. The lowest BCUT2D eigenvalue weighted by Gasteiger charge is -2.25. The molecule has 0 spiro atoms. The van der Waals surface area contributed by atoms with Crippen molar-refractivity contribution < 1.29 is 4.39 Å². The van der Waals surface area contributed by atoms with Gasteiger partial charge in [0.15, 0.2) is 0 Å². The van der Waals surface area contributed by atoms with Crippen LogP contribution in [-0.4, -0.2) is 6.54 Å². The molecule has 3 heteroatoms. The van der Waals surface area contributed by atoms with E-state index < -0.39 is 0 Å².